The lowest BCUT2D eigenvalue weighted by molar-refractivity contribution is -0.123. The van der Waals surface area contributed by atoms with E-state index in [-0.39, 0.29) is 25.7 Å². The van der Waals surface area contributed by atoms with Crippen LogP contribution in [0.1, 0.15) is 25.3 Å². The molecule has 0 fully saturated rings. The van der Waals surface area contributed by atoms with Crippen LogP contribution in [0.3, 0.4) is 0 Å². The summed E-state index contributed by atoms with van der Waals surface area (Å²) in [6.07, 6.45) is -0.936. The first-order valence-electron chi connectivity index (χ1n) is 6.31. The highest BCUT2D eigenvalue weighted by Crippen LogP contribution is 2.18. The summed E-state index contributed by atoms with van der Waals surface area (Å²) < 4.78 is 5.31. The van der Waals surface area contributed by atoms with Crippen molar-refractivity contribution in [2.24, 2.45) is 0 Å². The predicted molar refractivity (Wildman–Crippen MR) is 72.1 cm³/mol. The fourth-order valence-electron chi connectivity index (χ4n) is 1.45. The van der Waals surface area contributed by atoms with Gasteiger partial charge in [-0.1, -0.05) is 26.0 Å². The molecule has 1 amide bonds. The van der Waals surface area contributed by atoms with E-state index in [1.54, 1.807) is 0 Å². The molecule has 5 heteroatoms. The fourth-order valence-corrected chi connectivity index (χ4v) is 1.45. The van der Waals surface area contributed by atoms with Crippen molar-refractivity contribution in [3.63, 3.8) is 0 Å². The van der Waals surface area contributed by atoms with Gasteiger partial charge in [-0.25, -0.2) is 0 Å². The molecule has 0 saturated carbocycles. The van der Waals surface area contributed by atoms with Crippen molar-refractivity contribution in [1.82, 2.24) is 5.32 Å². The lowest BCUT2D eigenvalue weighted by Crippen LogP contribution is -2.36. The highest BCUT2D eigenvalue weighted by molar-refractivity contribution is 5.77. The molecule has 0 aliphatic rings. The van der Waals surface area contributed by atoms with Crippen molar-refractivity contribution in [2.45, 2.75) is 25.9 Å². The highest BCUT2D eigenvalue weighted by Gasteiger charge is 2.06. The molecule has 0 aliphatic carbocycles. The third kappa shape index (κ3) is 5.72. The number of amides is 1. The standard InChI is InChI=1S/C14H21NO4/c1-10(2)11-3-5-13(6-4-11)19-9-14(18)15-7-12(17)8-16/h3-6,10,12,16-17H,7-9H2,1-2H3,(H,15,18). The number of carbonyl (C=O) groups is 1. The molecule has 106 valence electrons. The van der Waals surface area contributed by atoms with Gasteiger partial charge in [-0.3, -0.25) is 4.79 Å². The van der Waals surface area contributed by atoms with Crippen LogP contribution < -0.4 is 10.1 Å². The van der Waals surface area contributed by atoms with Crippen LogP contribution in [0.25, 0.3) is 0 Å². The summed E-state index contributed by atoms with van der Waals surface area (Å²) in [5.41, 5.74) is 1.21. The molecule has 19 heavy (non-hydrogen) atoms. The van der Waals surface area contributed by atoms with E-state index in [0.717, 1.165) is 0 Å². The number of hydrogen-bond acceptors (Lipinski definition) is 4. The number of hydrogen-bond donors (Lipinski definition) is 3. The molecule has 0 spiro atoms. The van der Waals surface area contributed by atoms with Gasteiger partial charge in [-0.2, -0.15) is 0 Å². The molecular weight excluding hydrogens is 246 g/mol. The predicted octanol–water partition coefficient (Wildman–Crippen LogP) is 0.658. The minimum Gasteiger partial charge on any atom is -0.484 e. The Hall–Kier alpha value is -1.59. The van der Waals surface area contributed by atoms with Gasteiger partial charge < -0.3 is 20.3 Å². The van der Waals surface area contributed by atoms with Crippen LogP contribution in [0.2, 0.25) is 0 Å². The molecule has 5 nitrogen and oxygen atoms in total. The molecular formula is C14H21NO4. The largest absolute Gasteiger partial charge is 0.484 e. The number of benzene rings is 1. The maximum atomic E-state index is 11.4. The molecule has 3 N–H and O–H groups in total. The Morgan fingerprint density at radius 3 is 2.47 bits per heavy atom. The third-order valence-corrected chi connectivity index (χ3v) is 2.66. The average Bonchev–Trinajstić information content (AvgIpc) is 2.42. The summed E-state index contributed by atoms with van der Waals surface area (Å²) in [5.74, 6) is 0.750. The Balaban J connectivity index is 2.33. The van der Waals surface area contributed by atoms with Crippen LogP contribution in [0, 0.1) is 0 Å². The van der Waals surface area contributed by atoms with E-state index in [4.69, 9.17) is 14.9 Å². The first-order chi connectivity index (χ1) is 9.02. The second-order valence-corrected chi connectivity index (χ2v) is 4.65. The molecule has 1 aromatic rings. The lowest BCUT2D eigenvalue weighted by atomic mass is 10.0. The van der Waals surface area contributed by atoms with Crippen LogP contribution in [-0.4, -0.2) is 42.0 Å². The second-order valence-electron chi connectivity index (χ2n) is 4.65. The monoisotopic (exact) mass is 267 g/mol. The fraction of sp³-hybridized carbons (Fsp3) is 0.500. The summed E-state index contributed by atoms with van der Waals surface area (Å²) in [5, 5.41) is 20.1. The van der Waals surface area contributed by atoms with Crippen molar-refractivity contribution < 1.29 is 19.7 Å². The number of aliphatic hydroxyl groups is 2. The molecule has 0 bridgehead atoms. The first kappa shape index (κ1) is 15.5. The molecule has 0 aromatic heterocycles. The van der Waals surface area contributed by atoms with Crippen molar-refractivity contribution in [3.05, 3.63) is 29.8 Å². The molecule has 1 aromatic carbocycles. The molecule has 0 heterocycles. The summed E-state index contributed by atoms with van der Waals surface area (Å²) in [4.78, 5) is 11.4. The summed E-state index contributed by atoms with van der Waals surface area (Å²) in [6.45, 7) is 3.74. The van der Waals surface area contributed by atoms with Gasteiger partial charge in [0.2, 0.25) is 0 Å². The van der Waals surface area contributed by atoms with Crippen molar-refractivity contribution >= 4 is 5.91 Å². The lowest BCUT2D eigenvalue weighted by Gasteiger charge is -2.11. The van der Waals surface area contributed by atoms with E-state index in [0.29, 0.717) is 11.7 Å². The Bertz CT molecular complexity index is 389. The third-order valence-electron chi connectivity index (χ3n) is 2.66. The smallest absolute Gasteiger partial charge is 0.258 e. The van der Waals surface area contributed by atoms with Crippen molar-refractivity contribution in [2.75, 3.05) is 19.8 Å². The number of nitrogens with one attached hydrogen (secondary N) is 1. The van der Waals surface area contributed by atoms with E-state index >= 15 is 0 Å². The van der Waals surface area contributed by atoms with Gasteiger partial charge >= 0.3 is 0 Å². The zero-order valence-electron chi connectivity index (χ0n) is 11.3. The van der Waals surface area contributed by atoms with Gasteiger partial charge in [-0.05, 0) is 23.6 Å². The van der Waals surface area contributed by atoms with Gasteiger partial charge in [0.1, 0.15) is 5.75 Å². The zero-order chi connectivity index (χ0) is 14.3. The van der Waals surface area contributed by atoms with Crippen LogP contribution in [0.4, 0.5) is 0 Å². The molecule has 0 radical (unpaired) electrons. The van der Waals surface area contributed by atoms with E-state index in [1.165, 1.54) is 5.56 Å². The van der Waals surface area contributed by atoms with Crippen LogP contribution in [0.5, 0.6) is 5.75 Å². The molecule has 0 aliphatic heterocycles. The van der Waals surface area contributed by atoms with Gasteiger partial charge in [0.25, 0.3) is 5.91 Å². The van der Waals surface area contributed by atoms with E-state index in [9.17, 15) is 4.79 Å². The SMILES string of the molecule is CC(C)c1ccc(OCC(=O)NCC(O)CO)cc1. The Morgan fingerprint density at radius 1 is 1.32 bits per heavy atom. The van der Waals surface area contributed by atoms with Gasteiger partial charge in [0.05, 0.1) is 12.7 Å². The maximum absolute atomic E-state index is 11.4. The van der Waals surface area contributed by atoms with Crippen molar-refractivity contribution in [3.8, 4) is 5.75 Å². The van der Waals surface area contributed by atoms with Crippen LogP contribution >= 0.6 is 0 Å². The molecule has 0 saturated heterocycles. The van der Waals surface area contributed by atoms with Crippen molar-refractivity contribution in [1.29, 1.82) is 0 Å². The quantitative estimate of drug-likeness (QED) is 0.678. The van der Waals surface area contributed by atoms with Crippen LogP contribution in [0.15, 0.2) is 24.3 Å². The topological polar surface area (TPSA) is 78.8 Å². The van der Waals surface area contributed by atoms with E-state index < -0.39 is 6.10 Å². The Kier molecular flexibility index (Phi) is 6.32. The summed E-state index contributed by atoms with van der Waals surface area (Å²) in [7, 11) is 0. The number of rotatable bonds is 7. The first-order valence-corrected chi connectivity index (χ1v) is 6.31. The van der Waals surface area contributed by atoms with Gasteiger partial charge in [0.15, 0.2) is 6.61 Å². The van der Waals surface area contributed by atoms with Gasteiger partial charge in [0, 0.05) is 6.54 Å². The minimum absolute atomic E-state index is 0.0188. The van der Waals surface area contributed by atoms with E-state index in [2.05, 4.69) is 19.2 Å². The average molecular weight is 267 g/mol. The van der Waals surface area contributed by atoms with Crippen LogP contribution in [-0.2, 0) is 4.79 Å². The Morgan fingerprint density at radius 2 is 1.95 bits per heavy atom. The molecule has 1 atom stereocenters. The molecule has 1 unspecified atom stereocenters. The number of aliphatic hydroxyl groups excluding tert-OH is 2. The zero-order valence-corrected chi connectivity index (χ0v) is 11.3. The number of carbonyl (C=O) groups excluding carboxylic acids is 1. The second kappa shape index (κ2) is 7.76. The van der Waals surface area contributed by atoms with E-state index in [1.807, 2.05) is 24.3 Å². The minimum atomic E-state index is -0.936. The van der Waals surface area contributed by atoms with Gasteiger partial charge in [-0.15, -0.1) is 0 Å². The normalized spacial score (nSPS) is 12.3. The molecule has 1 rings (SSSR count). The Labute approximate surface area is 113 Å². The maximum Gasteiger partial charge on any atom is 0.258 e. The summed E-state index contributed by atoms with van der Waals surface area (Å²) >= 11 is 0. The summed E-state index contributed by atoms with van der Waals surface area (Å²) in [6, 6.07) is 7.58. The number of ether oxygens (including phenoxy) is 1. The highest BCUT2D eigenvalue weighted by atomic mass is 16.5.